The predicted molar refractivity (Wildman–Crippen MR) is 78.6 cm³/mol. The van der Waals surface area contributed by atoms with E-state index in [2.05, 4.69) is 0 Å². The molecule has 1 saturated carbocycles. The molecule has 0 heterocycles. The second-order valence-corrected chi connectivity index (χ2v) is 5.34. The fourth-order valence-corrected chi connectivity index (χ4v) is 2.82. The van der Waals surface area contributed by atoms with Gasteiger partial charge in [-0.3, -0.25) is 0 Å². The molecule has 112 valence electrons. The molecule has 1 atom stereocenters. The molecular formula is C17H20O4. The van der Waals surface area contributed by atoms with Gasteiger partial charge in [0, 0.05) is 18.1 Å². The zero-order valence-corrected chi connectivity index (χ0v) is 11.9. The summed E-state index contributed by atoms with van der Waals surface area (Å²) >= 11 is 0. The summed E-state index contributed by atoms with van der Waals surface area (Å²) in [7, 11) is 0. The van der Waals surface area contributed by atoms with Gasteiger partial charge in [-0.25, -0.2) is 9.59 Å². The van der Waals surface area contributed by atoms with E-state index in [4.69, 9.17) is 9.84 Å². The predicted octanol–water partition coefficient (Wildman–Crippen LogP) is 3.49. The van der Waals surface area contributed by atoms with Crippen molar-refractivity contribution in [1.82, 2.24) is 0 Å². The van der Waals surface area contributed by atoms with Crippen LogP contribution in [-0.2, 0) is 14.3 Å². The highest BCUT2D eigenvalue weighted by molar-refractivity contribution is 5.90. The minimum Gasteiger partial charge on any atom is -0.478 e. The van der Waals surface area contributed by atoms with Crippen LogP contribution in [0.1, 0.15) is 43.8 Å². The molecule has 1 aliphatic carbocycles. The molecule has 0 aromatic heterocycles. The Kier molecular flexibility index (Phi) is 5.55. The largest absolute Gasteiger partial charge is 0.478 e. The summed E-state index contributed by atoms with van der Waals surface area (Å²) in [5, 5.41) is 8.57. The monoisotopic (exact) mass is 288 g/mol. The lowest BCUT2D eigenvalue weighted by Gasteiger charge is -2.30. The van der Waals surface area contributed by atoms with E-state index in [1.165, 1.54) is 6.42 Å². The Hall–Kier alpha value is -2.10. The Morgan fingerprint density at radius 1 is 1.10 bits per heavy atom. The third-order valence-corrected chi connectivity index (χ3v) is 3.81. The lowest BCUT2D eigenvalue weighted by Crippen LogP contribution is -2.21. The average molecular weight is 288 g/mol. The van der Waals surface area contributed by atoms with Gasteiger partial charge >= 0.3 is 11.9 Å². The fourth-order valence-electron chi connectivity index (χ4n) is 2.82. The standard InChI is InChI=1S/C17H20O4/c18-15(19)11-12-16(20)21-17(13-7-3-1-4-8-13)14-9-5-2-6-10-14/h1,3-4,7-8,11-12,14,17H,2,5-6,9-10H2,(H,18,19). The van der Waals surface area contributed by atoms with Crippen molar-refractivity contribution in [2.45, 2.75) is 38.2 Å². The highest BCUT2D eigenvalue weighted by atomic mass is 16.5. The Bertz CT molecular complexity index is 501. The Balaban J connectivity index is 2.12. The molecule has 0 spiro atoms. The lowest BCUT2D eigenvalue weighted by atomic mass is 9.82. The van der Waals surface area contributed by atoms with E-state index in [-0.39, 0.29) is 6.10 Å². The zero-order valence-electron chi connectivity index (χ0n) is 11.9. The molecule has 4 nitrogen and oxygen atoms in total. The third-order valence-electron chi connectivity index (χ3n) is 3.81. The van der Waals surface area contributed by atoms with Crippen molar-refractivity contribution in [2.75, 3.05) is 0 Å². The number of rotatable bonds is 5. The molecular weight excluding hydrogens is 268 g/mol. The molecule has 0 saturated heterocycles. The Labute approximate surface area is 124 Å². The van der Waals surface area contributed by atoms with Crippen LogP contribution in [0.5, 0.6) is 0 Å². The van der Waals surface area contributed by atoms with Crippen LogP contribution in [0.2, 0.25) is 0 Å². The fraction of sp³-hybridized carbons (Fsp3) is 0.412. The van der Waals surface area contributed by atoms with Gasteiger partial charge in [-0.05, 0) is 18.4 Å². The summed E-state index contributed by atoms with van der Waals surface area (Å²) in [5.74, 6) is -1.44. The molecule has 0 radical (unpaired) electrons. The zero-order chi connectivity index (χ0) is 15.1. The average Bonchev–Trinajstić information content (AvgIpc) is 2.52. The number of carbonyl (C=O) groups excluding carboxylic acids is 1. The van der Waals surface area contributed by atoms with Crippen molar-refractivity contribution in [3.05, 3.63) is 48.0 Å². The minimum absolute atomic E-state index is 0.294. The summed E-state index contributed by atoms with van der Waals surface area (Å²) in [6, 6.07) is 9.67. The van der Waals surface area contributed by atoms with Crippen molar-refractivity contribution in [3.8, 4) is 0 Å². The summed E-state index contributed by atoms with van der Waals surface area (Å²) < 4.78 is 5.54. The van der Waals surface area contributed by atoms with Crippen LogP contribution in [0, 0.1) is 5.92 Å². The number of ether oxygens (including phenoxy) is 1. The van der Waals surface area contributed by atoms with Crippen molar-refractivity contribution in [3.63, 3.8) is 0 Å². The number of carboxylic acids is 1. The topological polar surface area (TPSA) is 63.6 Å². The van der Waals surface area contributed by atoms with Gasteiger partial charge in [0.05, 0.1) is 0 Å². The SMILES string of the molecule is O=C(O)C=CC(=O)OC(c1ccccc1)C1CCCCC1. The van der Waals surface area contributed by atoms with Crippen LogP contribution in [0.3, 0.4) is 0 Å². The molecule has 2 rings (SSSR count). The first-order valence-electron chi connectivity index (χ1n) is 7.33. The molecule has 1 N–H and O–H groups in total. The number of benzene rings is 1. The van der Waals surface area contributed by atoms with Crippen molar-refractivity contribution in [1.29, 1.82) is 0 Å². The molecule has 0 bridgehead atoms. The Morgan fingerprint density at radius 2 is 1.76 bits per heavy atom. The van der Waals surface area contributed by atoms with Crippen molar-refractivity contribution in [2.24, 2.45) is 5.92 Å². The second kappa shape index (κ2) is 7.62. The molecule has 0 amide bonds. The van der Waals surface area contributed by atoms with Crippen LogP contribution < -0.4 is 0 Å². The second-order valence-electron chi connectivity index (χ2n) is 5.34. The van der Waals surface area contributed by atoms with Crippen LogP contribution >= 0.6 is 0 Å². The number of carbonyl (C=O) groups is 2. The van der Waals surface area contributed by atoms with E-state index in [1.807, 2.05) is 30.3 Å². The molecule has 0 aliphatic heterocycles. The first kappa shape index (κ1) is 15.3. The van der Waals surface area contributed by atoms with Gasteiger partial charge in [0.15, 0.2) is 0 Å². The van der Waals surface area contributed by atoms with Crippen LogP contribution in [0.25, 0.3) is 0 Å². The number of aliphatic carboxylic acids is 1. The third kappa shape index (κ3) is 4.74. The van der Waals surface area contributed by atoms with Crippen molar-refractivity contribution < 1.29 is 19.4 Å². The summed E-state index contributed by atoms with van der Waals surface area (Å²) in [5.41, 5.74) is 0.974. The maximum Gasteiger partial charge on any atom is 0.331 e. The van der Waals surface area contributed by atoms with Crippen LogP contribution in [-0.4, -0.2) is 17.0 Å². The van der Waals surface area contributed by atoms with E-state index in [0.29, 0.717) is 5.92 Å². The van der Waals surface area contributed by atoms with E-state index in [1.54, 1.807) is 0 Å². The number of hydrogen-bond acceptors (Lipinski definition) is 3. The van der Waals surface area contributed by atoms with Gasteiger partial charge < -0.3 is 9.84 Å². The van der Waals surface area contributed by atoms with Crippen LogP contribution in [0.15, 0.2) is 42.5 Å². The first-order chi connectivity index (χ1) is 10.2. The molecule has 1 aromatic rings. The van der Waals surface area contributed by atoms with E-state index in [9.17, 15) is 9.59 Å². The first-order valence-corrected chi connectivity index (χ1v) is 7.33. The van der Waals surface area contributed by atoms with Gasteiger partial charge in [-0.1, -0.05) is 49.6 Å². The van der Waals surface area contributed by atoms with Gasteiger partial charge in [-0.2, -0.15) is 0 Å². The molecule has 1 unspecified atom stereocenters. The van der Waals surface area contributed by atoms with Gasteiger partial charge in [0.2, 0.25) is 0 Å². The maximum absolute atomic E-state index is 11.8. The molecule has 21 heavy (non-hydrogen) atoms. The number of esters is 1. The molecule has 1 aromatic carbocycles. The highest BCUT2D eigenvalue weighted by Crippen LogP contribution is 2.36. The molecule has 1 aliphatic rings. The minimum atomic E-state index is -1.15. The van der Waals surface area contributed by atoms with E-state index in [0.717, 1.165) is 43.4 Å². The highest BCUT2D eigenvalue weighted by Gasteiger charge is 2.27. The molecule has 1 fully saturated rings. The quantitative estimate of drug-likeness (QED) is 0.665. The van der Waals surface area contributed by atoms with Crippen molar-refractivity contribution >= 4 is 11.9 Å². The number of carboxylic acid groups (broad SMARTS) is 1. The number of hydrogen-bond donors (Lipinski definition) is 1. The summed E-state index contributed by atoms with van der Waals surface area (Å²) in [6.07, 6.45) is 7.09. The smallest absolute Gasteiger partial charge is 0.331 e. The maximum atomic E-state index is 11.8. The van der Waals surface area contributed by atoms with Crippen LogP contribution in [0.4, 0.5) is 0 Å². The van der Waals surface area contributed by atoms with E-state index >= 15 is 0 Å². The summed E-state index contributed by atoms with van der Waals surface area (Å²) in [4.78, 5) is 22.3. The van der Waals surface area contributed by atoms with Gasteiger partial charge in [0.25, 0.3) is 0 Å². The molecule has 4 heteroatoms. The lowest BCUT2D eigenvalue weighted by molar-refractivity contribution is -0.147. The van der Waals surface area contributed by atoms with Gasteiger partial charge in [0.1, 0.15) is 6.10 Å². The normalized spacial score (nSPS) is 17.5. The van der Waals surface area contributed by atoms with Gasteiger partial charge in [-0.15, -0.1) is 0 Å². The van der Waals surface area contributed by atoms with E-state index < -0.39 is 11.9 Å². The Morgan fingerprint density at radius 3 is 2.38 bits per heavy atom. The summed E-state index contributed by atoms with van der Waals surface area (Å²) in [6.45, 7) is 0.